The van der Waals surface area contributed by atoms with Crippen LogP contribution in [-0.4, -0.2) is 9.97 Å². The topological polar surface area (TPSA) is 25.8 Å². The van der Waals surface area contributed by atoms with E-state index < -0.39 is 0 Å². The van der Waals surface area contributed by atoms with Crippen LogP contribution in [0.15, 0.2) is 42.5 Å². The second-order valence-electron chi connectivity index (χ2n) is 4.01. The van der Waals surface area contributed by atoms with Crippen molar-refractivity contribution in [2.45, 2.75) is 0 Å². The second kappa shape index (κ2) is 4.97. The fourth-order valence-corrected chi connectivity index (χ4v) is 2.32. The van der Waals surface area contributed by atoms with Gasteiger partial charge in [0.1, 0.15) is 5.15 Å². The highest BCUT2D eigenvalue weighted by Gasteiger charge is 2.08. The summed E-state index contributed by atoms with van der Waals surface area (Å²) in [7, 11) is 0. The van der Waals surface area contributed by atoms with E-state index in [0.29, 0.717) is 21.0 Å². The number of aromatic nitrogens is 2. The molecule has 0 spiro atoms. The molecule has 1 aromatic heterocycles. The van der Waals surface area contributed by atoms with Gasteiger partial charge in [0.25, 0.3) is 0 Å². The third-order valence-electron chi connectivity index (χ3n) is 2.71. The maximum atomic E-state index is 6.18. The Kier molecular flexibility index (Phi) is 3.31. The van der Waals surface area contributed by atoms with Gasteiger partial charge in [0.2, 0.25) is 0 Å². The van der Waals surface area contributed by atoms with Crippen LogP contribution < -0.4 is 0 Å². The molecule has 19 heavy (non-hydrogen) atoms. The molecule has 0 N–H and O–H groups in total. The maximum Gasteiger partial charge on any atom is 0.161 e. The normalized spacial score (nSPS) is 10.9. The smallest absolute Gasteiger partial charge is 0.161 e. The predicted octanol–water partition coefficient (Wildman–Crippen LogP) is 5.26. The number of fused-ring (bicyclic) bond motifs is 1. The van der Waals surface area contributed by atoms with Gasteiger partial charge in [-0.05, 0) is 42.5 Å². The Bertz CT molecular complexity index is 754. The van der Waals surface area contributed by atoms with Crippen molar-refractivity contribution in [1.82, 2.24) is 9.97 Å². The summed E-state index contributed by atoms with van der Waals surface area (Å²) in [6.07, 6.45) is 0. The van der Waals surface area contributed by atoms with E-state index in [1.165, 1.54) is 0 Å². The van der Waals surface area contributed by atoms with E-state index in [4.69, 9.17) is 34.8 Å². The minimum atomic E-state index is 0.387. The molecule has 94 valence electrons. The first-order valence-electron chi connectivity index (χ1n) is 5.52. The zero-order valence-electron chi connectivity index (χ0n) is 9.57. The van der Waals surface area contributed by atoms with Gasteiger partial charge in [-0.25, -0.2) is 9.97 Å². The summed E-state index contributed by atoms with van der Waals surface area (Å²) in [5, 5.41) is 2.41. The monoisotopic (exact) mass is 308 g/mol. The summed E-state index contributed by atoms with van der Waals surface area (Å²) in [5.41, 5.74) is 1.62. The van der Waals surface area contributed by atoms with Crippen molar-refractivity contribution in [1.29, 1.82) is 0 Å². The molecule has 0 amide bonds. The van der Waals surface area contributed by atoms with Gasteiger partial charge in [-0.15, -0.1) is 0 Å². The van der Waals surface area contributed by atoms with Crippen LogP contribution in [0.5, 0.6) is 0 Å². The molecule has 5 heteroatoms. The Morgan fingerprint density at radius 2 is 1.42 bits per heavy atom. The van der Waals surface area contributed by atoms with Gasteiger partial charge in [0, 0.05) is 21.0 Å². The highest BCUT2D eigenvalue weighted by Crippen LogP contribution is 2.27. The maximum absolute atomic E-state index is 6.18. The molecule has 0 aliphatic heterocycles. The first-order valence-corrected chi connectivity index (χ1v) is 6.65. The number of rotatable bonds is 1. The summed E-state index contributed by atoms with van der Waals surface area (Å²) in [6, 6.07) is 12.7. The first-order chi connectivity index (χ1) is 9.13. The van der Waals surface area contributed by atoms with E-state index in [0.717, 1.165) is 16.5 Å². The lowest BCUT2D eigenvalue weighted by molar-refractivity contribution is 1.23. The molecular weight excluding hydrogens is 303 g/mol. The zero-order chi connectivity index (χ0) is 13.4. The Balaban J connectivity index is 2.20. The van der Waals surface area contributed by atoms with Crippen molar-refractivity contribution < 1.29 is 0 Å². The van der Waals surface area contributed by atoms with Gasteiger partial charge in [0.05, 0.1) is 5.52 Å². The molecule has 1 heterocycles. The molecule has 2 nitrogen and oxygen atoms in total. The minimum Gasteiger partial charge on any atom is -0.228 e. The molecule has 0 aliphatic carbocycles. The number of hydrogen-bond donors (Lipinski definition) is 0. The van der Waals surface area contributed by atoms with Crippen LogP contribution in [0.1, 0.15) is 0 Å². The van der Waals surface area contributed by atoms with Crippen molar-refractivity contribution >= 4 is 45.7 Å². The molecule has 0 unspecified atom stereocenters. The number of halogens is 3. The number of benzene rings is 2. The third kappa shape index (κ3) is 2.52. The molecule has 0 radical (unpaired) electrons. The van der Waals surface area contributed by atoms with E-state index in [1.807, 2.05) is 18.2 Å². The van der Waals surface area contributed by atoms with E-state index >= 15 is 0 Å². The summed E-state index contributed by atoms with van der Waals surface area (Å²) in [6.45, 7) is 0. The molecule has 0 saturated carbocycles. The Labute approximate surface area is 125 Å². The van der Waals surface area contributed by atoms with Crippen LogP contribution in [0.25, 0.3) is 22.3 Å². The van der Waals surface area contributed by atoms with Crippen LogP contribution in [-0.2, 0) is 0 Å². The summed E-state index contributed by atoms with van der Waals surface area (Å²) >= 11 is 18.0. The number of nitrogens with zero attached hydrogens (tertiary/aromatic N) is 2. The van der Waals surface area contributed by atoms with Crippen molar-refractivity contribution in [3.8, 4) is 11.4 Å². The standard InChI is InChI=1S/C14H7Cl3N2/c15-9-3-1-8(2-4-9)14-18-12-6-5-10(16)7-11(12)13(17)19-14/h1-7H. The van der Waals surface area contributed by atoms with E-state index in [1.54, 1.807) is 24.3 Å². The Morgan fingerprint density at radius 3 is 2.16 bits per heavy atom. The van der Waals surface area contributed by atoms with Gasteiger partial charge in [-0.3, -0.25) is 0 Å². The Hall–Kier alpha value is -1.35. The molecular formula is C14H7Cl3N2. The Morgan fingerprint density at radius 1 is 0.737 bits per heavy atom. The molecule has 0 bridgehead atoms. The highest BCUT2D eigenvalue weighted by atomic mass is 35.5. The molecule has 0 fully saturated rings. The zero-order valence-corrected chi connectivity index (χ0v) is 11.8. The number of hydrogen-bond acceptors (Lipinski definition) is 2. The second-order valence-corrected chi connectivity index (χ2v) is 5.24. The fourth-order valence-electron chi connectivity index (χ4n) is 1.79. The van der Waals surface area contributed by atoms with E-state index in [9.17, 15) is 0 Å². The first kappa shape index (κ1) is 12.7. The lowest BCUT2D eigenvalue weighted by atomic mass is 10.2. The SMILES string of the molecule is Clc1ccc(-c2nc(Cl)c3cc(Cl)ccc3n2)cc1. The van der Waals surface area contributed by atoms with Crippen LogP contribution >= 0.6 is 34.8 Å². The molecule has 0 saturated heterocycles. The average Bonchev–Trinajstić information content (AvgIpc) is 2.40. The van der Waals surface area contributed by atoms with Gasteiger partial charge in [-0.1, -0.05) is 34.8 Å². The third-order valence-corrected chi connectivity index (χ3v) is 3.49. The van der Waals surface area contributed by atoms with Crippen molar-refractivity contribution in [2.75, 3.05) is 0 Å². The molecule has 3 rings (SSSR count). The van der Waals surface area contributed by atoms with Crippen LogP contribution in [0.4, 0.5) is 0 Å². The summed E-state index contributed by atoms with van der Waals surface area (Å²) in [4.78, 5) is 8.77. The van der Waals surface area contributed by atoms with Crippen molar-refractivity contribution in [2.24, 2.45) is 0 Å². The van der Waals surface area contributed by atoms with Gasteiger partial charge in [0.15, 0.2) is 5.82 Å². The molecule has 0 aliphatic rings. The van der Waals surface area contributed by atoms with Crippen molar-refractivity contribution in [3.63, 3.8) is 0 Å². The average molecular weight is 310 g/mol. The van der Waals surface area contributed by atoms with Crippen LogP contribution in [0.2, 0.25) is 15.2 Å². The molecule has 3 aromatic rings. The van der Waals surface area contributed by atoms with E-state index in [2.05, 4.69) is 9.97 Å². The quantitative estimate of drug-likeness (QED) is 0.573. The van der Waals surface area contributed by atoms with Crippen LogP contribution in [0.3, 0.4) is 0 Å². The van der Waals surface area contributed by atoms with Gasteiger partial charge in [-0.2, -0.15) is 0 Å². The van der Waals surface area contributed by atoms with Gasteiger partial charge < -0.3 is 0 Å². The predicted molar refractivity (Wildman–Crippen MR) is 80.0 cm³/mol. The largest absolute Gasteiger partial charge is 0.228 e. The lowest BCUT2D eigenvalue weighted by Crippen LogP contribution is -1.91. The summed E-state index contributed by atoms with van der Waals surface area (Å²) < 4.78 is 0. The summed E-state index contributed by atoms with van der Waals surface area (Å²) in [5.74, 6) is 0.566. The lowest BCUT2D eigenvalue weighted by Gasteiger charge is -2.05. The fraction of sp³-hybridized carbons (Fsp3) is 0. The van der Waals surface area contributed by atoms with E-state index in [-0.39, 0.29) is 0 Å². The molecule has 0 atom stereocenters. The highest BCUT2D eigenvalue weighted by molar-refractivity contribution is 6.35. The minimum absolute atomic E-state index is 0.387. The van der Waals surface area contributed by atoms with Gasteiger partial charge >= 0.3 is 0 Å². The molecule has 2 aromatic carbocycles. The van der Waals surface area contributed by atoms with Crippen molar-refractivity contribution in [3.05, 3.63) is 57.7 Å². The van der Waals surface area contributed by atoms with Crippen LogP contribution in [0, 0.1) is 0 Å².